The molecule has 0 saturated carbocycles. The highest BCUT2D eigenvalue weighted by atomic mass is 35.5. The molecular weight excluding hydrogens is 177 g/mol. The Balaban J connectivity index is 3.25. The molecule has 0 N–H and O–H groups in total. The van der Waals surface area contributed by atoms with Crippen LogP contribution in [-0.4, -0.2) is 0 Å². The van der Waals surface area contributed by atoms with Crippen LogP contribution in [0.25, 0.3) is 0 Å². The predicted octanol–water partition coefficient (Wildman–Crippen LogP) is 3.09. The molecule has 0 spiro atoms. The molecule has 0 amide bonds. The van der Waals surface area contributed by atoms with Crippen molar-refractivity contribution < 1.29 is 13.2 Å². The minimum absolute atomic E-state index is 0.218. The Kier molecular flexibility index (Phi) is 2.39. The van der Waals surface area contributed by atoms with Crippen LogP contribution >= 0.6 is 11.6 Å². The Morgan fingerprint density at radius 1 is 1.27 bits per heavy atom. The highest BCUT2D eigenvalue weighted by Gasteiger charge is 2.08. The van der Waals surface area contributed by atoms with Crippen molar-refractivity contribution in [3.63, 3.8) is 0 Å². The maximum Gasteiger partial charge on any atom is 0.133 e. The van der Waals surface area contributed by atoms with Gasteiger partial charge in [-0.05, 0) is 6.07 Å². The van der Waals surface area contributed by atoms with Crippen molar-refractivity contribution in [3.05, 3.63) is 34.4 Å². The average molecular weight is 181 g/mol. The molecule has 0 atom stereocenters. The molecule has 11 heavy (non-hydrogen) atoms. The van der Waals surface area contributed by atoms with Crippen molar-refractivity contribution in [3.8, 4) is 0 Å². The largest absolute Gasteiger partial charge is 0.246 e. The number of rotatable bonds is 1. The molecule has 0 radical (unpaired) electrons. The van der Waals surface area contributed by atoms with Gasteiger partial charge in [0.1, 0.15) is 18.3 Å². The summed E-state index contributed by atoms with van der Waals surface area (Å²) < 4.78 is 36.8. The molecule has 4 heteroatoms. The molecule has 60 valence electrons. The SMILES string of the molecule is FCc1c(F)cc(F)cc1Cl. The number of benzene rings is 1. The highest BCUT2D eigenvalue weighted by molar-refractivity contribution is 6.31. The van der Waals surface area contributed by atoms with Crippen LogP contribution in [0.1, 0.15) is 5.56 Å². The van der Waals surface area contributed by atoms with E-state index in [0.29, 0.717) is 6.07 Å². The van der Waals surface area contributed by atoms with Gasteiger partial charge in [-0.15, -0.1) is 0 Å². The normalized spacial score (nSPS) is 10.2. The molecule has 0 bridgehead atoms. The Bertz CT molecular complexity index is 249. The lowest BCUT2D eigenvalue weighted by molar-refractivity contribution is 0.461. The third kappa shape index (κ3) is 1.66. The van der Waals surface area contributed by atoms with E-state index in [1.165, 1.54) is 0 Å². The van der Waals surface area contributed by atoms with E-state index < -0.39 is 18.3 Å². The summed E-state index contributed by atoms with van der Waals surface area (Å²) in [7, 11) is 0. The fourth-order valence-corrected chi connectivity index (χ4v) is 0.945. The van der Waals surface area contributed by atoms with Crippen LogP contribution in [0.4, 0.5) is 13.2 Å². The minimum atomic E-state index is -1.02. The summed E-state index contributed by atoms with van der Waals surface area (Å²) in [6.45, 7) is -1.02. The second-order valence-electron chi connectivity index (χ2n) is 1.98. The Hall–Kier alpha value is -0.700. The molecular formula is C7H4ClF3. The summed E-state index contributed by atoms with van der Waals surface area (Å²) in [4.78, 5) is 0. The molecule has 0 fully saturated rings. The smallest absolute Gasteiger partial charge is 0.133 e. The summed E-state index contributed by atoms with van der Waals surface area (Å²) in [5.41, 5.74) is -0.298. The molecule has 0 saturated heterocycles. The van der Waals surface area contributed by atoms with Crippen LogP contribution in [0.2, 0.25) is 5.02 Å². The van der Waals surface area contributed by atoms with Crippen molar-refractivity contribution in [2.45, 2.75) is 6.67 Å². The summed E-state index contributed by atoms with van der Waals surface area (Å²) >= 11 is 5.31. The number of hydrogen-bond acceptors (Lipinski definition) is 0. The zero-order chi connectivity index (χ0) is 8.43. The van der Waals surface area contributed by atoms with E-state index in [-0.39, 0.29) is 10.6 Å². The zero-order valence-electron chi connectivity index (χ0n) is 5.37. The van der Waals surface area contributed by atoms with Crippen molar-refractivity contribution in [1.29, 1.82) is 0 Å². The molecule has 0 nitrogen and oxygen atoms in total. The average Bonchev–Trinajstić information content (AvgIpc) is 1.85. The van der Waals surface area contributed by atoms with Gasteiger partial charge in [-0.1, -0.05) is 11.6 Å². The fourth-order valence-electron chi connectivity index (χ4n) is 0.700. The lowest BCUT2D eigenvalue weighted by atomic mass is 10.2. The lowest BCUT2D eigenvalue weighted by Crippen LogP contribution is -1.89. The van der Waals surface area contributed by atoms with Crippen molar-refractivity contribution in [2.75, 3.05) is 0 Å². The molecule has 1 aromatic carbocycles. The first-order valence-corrected chi connectivity index (χ1v) is 3.22. The molecule has 0 aliphatic rings. The van der Waals surface area contributed by atoms with Crippen molar-refractivity contribution >= 4 is 11.6 Å². The molecule has 1 aromatic rings. The van der Waals surface area contributed by atoms with Gasteiger partial charge in [-0.3, -0.25) is 0 Å². The highest BCUT2D eigenvalue weighted by Crippen LogP contribution is 2.21. The maximum absolute atomic E-state index is 12.5. The predicted molar refractivity (Wildman–Crippen MR) is 36.2 cm³/mol. The Labute approximate surface area is 66.6 Å². The van der Waals surface area contributed by atoms with E-state index in [2.05, 4.69) is 0 Å². The van der Waals surface area contributed by atoms with Crippen LogP contribution < -0.4 is 0 Å². The molecule has 0 aliphatic heterocycles. The van der Waals surface area contributed by atoms with Gasteiger partial charge in [0.2, 0.25) is 0 Å². The second kappa shape index (κ2) is 3.13. The number of alkyl halides is 1. The molecule has 0 aliphatic carbocycles. The Morgan fingerprint density at radius 2 is 1.91 bits per heavy atom. The van der Waals surface area contributed by atoms with Gasteiger partial charge >= 0.3 is 0 Å². The second-order valence-corrected chi connectivity index (χ2v) is 2.39. The lowest BCUT2D eigenvalue weighted by Gasteiger charge is -1.99. The van der Waals surface area contributed by atoms with E-state index in [4.69, 9.17) is 11.6 Å². The van der Waals surface area contributed by atoms with E-state index in [1.807, 2.05) is 0 Å². The monoisotopic (exact) mass is 180 g/mol. The van der Waals surface area contributed by atoms with Crippen LogP contribution in [0.15, 0.2) is 12.1 Å². The van der Waals surface area contributed by atoms with Gasteiger partial charge in [0.05, 0.1) is 5.02 Å². The molecule has 0 aromatic heterocycles. The van der Waals surface area contributed by atoms with E-state index in [0.717, 1.165) is 6.07 Å². The van der Waals surface area contributed by atoms with Crippen LogP contribution in [0.3, 0.4) is 0 Å². The standard InChI is InChI=1S/C7H4ClF3/c8-6-1-4(10)2-7(11)5(6)3-9/h1-2H,3H2. The third-order valence-electron chi connectivity index (χ3n) is 1.24. The number of hydrogen-bond donors (Lipinski definition) is 0. The van der Waals surface area contributed by atoms with E-state index in [9.17, 15) is 13.2 Å². The Morgan fingerprint density at radius 3 is 2.36 bits per heavy atom. The van der Waals surface area contributed by atoms with Gasteiger partial charge in [0.15, 0.2) is 0 Å². The summed E-state index contributed by atoms with van der Waals surface area (Å²) in [6, 6.07) is 1.47. The summed E-state index contributed by atoms with van der Waals surface area (Å²) in [5, 5.41) is -0.218. The number of halogens is 4. The van der Waals surface area contributed by atoms with Crippen molar-refractivity contribution in [1.82, 2.24) is 0 Å². The molecule has 0 unspecified atom stereocenters. The third-order valence-corrected chi connectivity index (χ3v) is 1.58. The first-order chi connectivity index (χ1) is 5.15. The first-order valence-electron chi connectivity index (χ1n) is 2.84. The quantitative estimate of drug-likeness (QED) is 0.623. The van der Waals surface area contributed by atoms with Gasteiger partial charge in [-0.25, -0.2) is 13.2 Å². The van der Waals surface area contributed by atoms with E-state index in [1.54, 1.807) is 0 Å². The van der Waals surface area contributed by atoms with Crippen molar-refractivity contribution in [2.24, 2.45) is 0 Å². The summed E-state index contributed by atoms with van der Waals surface area (Å²) in [6.07, 6.45) is 0. The van der Waals surface area contributed by atoms with Crippen LogP contribution in [0.5, 0.6) is 0 Å². The van der Waals surface area contributed by atoms with Gasteiger partial charge in [-0.2, -0.15) is 0 Å². The molecule has 1 rings (SSSR count). The van der Waals surface area contributed by atoms with E-state index >= 15 is 0 Å². The summed E-state index contributed by atoms with van der Waals surface area (Å²) in [5.74, 6) is -1.75. The maximum atomic E-state index is 12.5. The van der Waals surface area contributed by atoms with Crippen LogP contribution in [-0.2, 0) is 6.67 Å². The molecule has 0 heterocycles. The fraction of sp³-hybridized carbons (Fsp3) is 0.143. The van der Waals surface area contributed by atoms with Gasteiger partial charge < -0.3 is 0 Å². The zero-order valence-corrected chi connectivity index (χ0v) is 6.13. The first kappa shape index (κ1) is 8.40. The van der Waals surface area contributed by atoms with Gasteiger partial charge in [0, 0.05) is 11.6 Å². The topological polar surface area (TPSA) is 0 Å². The van der Waals surface area contributed by atoms with Crippen LogP contribution in [0, 0.1) is 11.6 Å². The minimum Gasteiger partial charge on any atom is -0.246 e. The van der Waals surface area contributed by atoms with Gasteiger partial charge in [0.25, 0.3) is 0 Å².